The monoisotopic (exact) mass is 521 g/mol. The number of oxime groups is 1. The molecule has 15 nitrogen and oxygen atoms in total. The first-order valence-corrected chi connectivity index (χ1v) is 10.9. The van der Waals surface area contributed by atoms with E-state index in [-0.39, 0.29) is 51.4 Å². The molecule has 2 aliphatic rings. The van der Waals surface area contributed by atoms with Crippen LogP contribution in [0.15, 0.2) is 21.8 Å². The molecule has 0 spiro atoms. The van der Waals surface area contributed by atoms with E-state index >= 15 is 0 Å². The van der Waals surface area contributed by atoms with E-state index in [0.29, 0.717) is 0 Å². The Morgan fingerprint density at radius 1 is 1.41 bits per heavy atom. The van der Waals surface area contributed by atoms with Gasteiger partial charge in [0.15, 0.2) is 10.5 Å². The van der Waals surface area contributed by atoms with Gasteiger partial charge in [-0.05, 0) is 0 Å². The molecular weight excluding hydrogens is 505 g/mol. The molecule has 0 radical (unpaired) electrons. The molecule has 18 heteroatoms. The molecule has 1 aromatic heterocycles. The maximum atomic E-state index is 12.8. The molecule has 1 unspecified atom stereocenters. The second-order valence-corrected chi connectivity index (χ2v) is 8.37. The molecule has 3 rings (SSSR count). The number of primary amides is 1. The molecular formula is C16H16N7NaO8S2. The number of β-lactam (4-membered cyclic amide) rings is 1. The number of thiazole rings is 1. The van der Waals surface area contributed by atoms with Gasteiger partial charge in [-0.1, -0.05) is 5.16 Å². The van der Waals surface area contributed by atoms with E-state index in [9.17, 15) is 29.1 Å². The summed E-state index contributed by atoms with van der Waals surface area (Å²) in [6.07, 6.45) is -2.07. The van der Waals surface area contributed by atoms with Gasteiger partial charge in [0.05, 0.1) is 17.4 Å². The summed E-state index contributed by atoms with van der Waals surface area (Å²) in [7, 11) is 1.28. The van der Waals surface area contributed by atoms with Crippen molar-refractivity contribution in [3.63, 3.8) is 0 Å². The zero-order valence-electron chi connectivity index (χ0n) is 17.7. The van der Waals surface area contributed by atoms with Crippen LogP contribution in [-0.4, -0.2) is 76.4 Å². The van der Waals surface area contributed by atoms with Gasteiger partial charge < -0.3 is 36.0 Å². The third-order valence-corrected chi connectivity index (χ3v) is 6.38. The van der Waals surface area contributed by atoms with Crippen molar-refractivity contribution in [1.29, 1.82) is 5.41 Å². The SMILES string of the molecule is CNC(=O)ON=C(C(=O)NC1C(=O)N2C(C(=O)[O-])=C(COC(N)=O)CS[C@@H]12)c1csc(=N)[nH]1.[Na+]. The van der Waals surface area contributed by atoms with Crippen LogP contribution in [0, 0.1) is 5.41 Å². The number of aromatic amines is 1. The van der Waals surface area contributed by atoms with Crippen molar-refractivity contribution in [2.45, 2.75) is 11.4 Å². The normalized spacial score (nSPS) is 19.3. The van der Waals surface area contributed by atoms with Crippen LogP contribution in [0.2, 0.25) is 0 Å². The molecule has 0 aromatic carbocycles. The molecule has 3 heterocycles. The number of carboxylic acids is 1. The first-order chi connectivity index (χ1) is 15.6. The molecule has 34 heavy (non-hydrogen) atoms. The van der Waals surface area contributed by atoms with Crippen molar-refractivity contribution < 1.29 is 68.2 Å². The van der Waals surface area contributed by atoms with Crippen molar-refractivity contribution in [1.82, 2.24) is 20.5 Å². The molecule has 1 aromatic rings. The van der Waals surface area contributed by atoms with Crippen LogP contribution in [-0.2, 0) is 24.0 Å². The van der Waals surface area contributed by atoms with Gasteiger partial charge in [0.2, 0.25) is 0 Å². The van der Waals surface area contributed by atoms with Crippen molar-refractivity contribution in [3.8, 4) is 0 Å². The number of thioether (sulfide) groups is 1. The average molecular weight is 521 g/mol. The van der Waals surface area contributed by atoms with Gasteiger partial charge in [0, 0.05) is 23.8 Å². The minimum Gasteiger partial charge on any atom is -0.543 e. The zero-order valence-corrected chi connectivity index (χ0v) is 21.3. The molecule has 2 atom stereocenters. The second-order valence-electron chi connectivity index (χ2n) is 6.38. The van der Waals surface area contributed by atoms with Crippen LogP contribution in [0.5, 0.6) is 0 Å². The van der Waals surface area contributed by atoms with E-state index in [1.165, 1.54) is 12.4 Å². The Morgan fingerprint density at radius 3 is 2.68 bits per heavy atom. The number of nitrogens with zero attached hydrogens (tertiary/aromatic N) is 2. The summed E-state index contributed by atoms with van der Waals surface area (Å²) in [5.41, 5.74) is 4.21. The van der Waals surface area contributed by atoms with Crippen LogP contribution in [0.1, 0.15) is 5.69 Å². The molecule has 2 aliphatic heterocycles. The number of aromatic nitrogens is 1. The Morgan fingerprint density at radius 2 is 2.12 bits per heavy atom. The summed E-state index contributed by atoms with van der Waals surface area (Å²) in [6.45, 7) is -0.434. The molecule has 0 aliphatic carbocycles. The first kappa shape index (κ1) is 27.4. The molecule has 0 saturated carbocycles. The number of hydrogen-bond donors (Lipinski definition) is 5. The van der Waals surface area contributed by atoms with Crippen LogP contribution in [0.25, 0.3) is 0 Å². The predicted molar refractivity (Wildman–Crippen MR) is 109 cm³/mol. The van der Waals surface area contributed by atoms with Gasteiger partial charge in [-0.3, -0.25) is 24.7 Å². The van der Waals surface area contributed by atoms with Crippen molar-refractivity contribution >= 4 is 58.8 Å². The maximum absolute atomic E-state index is 12.8. The summed E-state index contributed by atoms with van der Waals surface area (Å²) < 4.78 is 4.62. The van der Waals surface area contributed by atoms with Gasteiger partial charge >= 0.3 is 41.7 Å². The standard InChI is InChI=1S/C16H17N7O8S2.Na/c1-19-16(29)31-22-7(6-4-33-14(17)20-6)10(24)21-8-11(25)23-9(13(26)27)5(2-30-15(18)28)3-32-12(8)23;/h4,8,12H,2-3H2,1H3,(H2,17,20)(H2,18,28)(H,19,29)(H,21,24)(H,26,27);/q;+1/p-1/t8?,12-;/m0./s1. The summed E-state index contributed by atoms with van der Waals surface area (Å²) in [4.78, 5) is 67.3. The Bertz CT molecular complexity index is 1150. The van der Waals surface area contributed by atoms with E-state index in [1.54, 1.807) is 0 Å². The Hall–Kier alpha value is -2.86. The third kappa shape index (κ3) is 5.79. The second kappa shape index (κ2) is 11.5. The molecule has 176 valence electrons. The fourth-order valence-electron chi connectivity index (χ4n) is 2.91. The number of amides is 4. The average Bonchev–Trinajstić information content (AvgIpc) is 3.20. The van der Waals surface area contributed by atoms with E-state index < -0.39 is 59.4 Å². The molecule has 1 saturated heterocycles. The Balaban J connectivity index is 0.00000408. The van der Waals surface area contributed by atoms with Crippen LogP contribution < -0.4 is 55.8 Å². The predicted octanol–water partition coefficient (Wildman–Crippen LogP) is -5.88. The van der Waals surface area contributed by atoms with E-state index in [4.69, 9.17) is 11.1 Å². The summed E-state index contributed by atoms with van der Waals surface area (Å²) in [5, 5.41) is 27.9. The number of carbonyl (C=O) groups is 5. The molecule has 4 amide bonds. The van der Waals surface area contributed by atoms with Gasteiger partial charge in [-0.25, -0.2) is 9.59 Å². The Labute approximate surface area is 220 Å². The number of ether oxygens (including phenoxy) is 1. The van der Waals surface area contributed by atoms with Gasteiger partial charge in [-0.15, -0.1) is 23.1 Å². The van der Waals surface area contributed by atoms with Gasteiger partial charge in [0.1, 0.15) is 18.0 Å². The summed E-state index contributed by atoms with van der Waals surface area (Å²) in [5.74, 6) is -3.25. The van der Waals surface area contributed by atoms with Crippen LogP contribution in [0.3, 0.4) is 0 Å². The number of nitrogens with one attached hydrogen (secondary N) is 4. The quantitative estimate of drug-likeness (QED) is 0.0754. The van der Waals surface area contributed by atoms with E-state index in [1.807, 2.05) is 0 Å². The van der Waals surface area contributed by atoms with Crippen molar-refractivity contribution in [3.05, 3.63) is 27.1 Å². The number of carboxylic acid groups (broad SMARTS) is 1. The van der Waals surface area contributed by atoms with Crippen LogP contribution >= 0.6 is 23.1 Å². The minimum absolute atomic E-state index is 0. The Kier molecular flexibility index (Phi) is 9.28. The number of H-pyrrole nitrogens is 1. The zero-order chi connectivity index (χ0) is 24.3. The maximum Gasteiger partial charge on any atom is 1.00 e. The van der Waals surface area contributed by atoms with Crippen molar-refractivity contribution in [2.24, 2.45) is 10.9 Å². The summed E-state index contributed by atoms with van der Waals surface area (Å²) >= 11 is 2.07. The third-order valence-electron chi connectivity index (χ3n) is 4.35. The molecule has 6 N–H and O–H groups in total. The fraction of sp³-hybridized carbons (Fsp3) is 0.312. The number of fused-ring (bicyclic) bond motifs is 1. The van der Waals surface area contributed by atoms with E-state index in [2.05, 4.69) is 30.3 Å². The number of rotatable bonds is 7. The largest absolute Gasteiger partial charge is 1.00 e. The minimum atomic E-state index is -1.65. The number of carbonyl (C=O) groups excluding carboxylic acids is 5. The smallest absolute Gasteiger partial charge is 0.543 e. The summed E-state index contributed by atoms with van der Waals surface area (Å²) in [6, 6.07) is -1.13. The number of aliphatic carboxylic acids is 1. The van der Waals surface area contributed by atoms with Gasteiger partial charge in [0.25, 0.3) is 11.8 Å². The van der Waals surface area contributed by atoms with E-state index in [0.717, 1.165) is 28.0 Å². The molecule has 0 bridgehead atoms. The fourth-order valence-corrected chi connectivity index (χ4v) is 4.81. The number of nitrogens with two attached hydrogens (primary N) is 1. The van der Waals surface area contributed by atoms with Crippen LogP contribution in [0.4, 0.5) is 9.59 Å². The number of hydrogen-bond acceptors (Lipinski definition) is 12. The first-order valence-electron chi connectivity index (χ1n) is 8.94. The van der Waals surface area contributed by atoms with Gasteiger partial charge in [-0.2, -0.15) is 0 Å². The molecule has 1 fully saturated rings. The van der Waals surface area contributed by atoms with Crippen molar-refractivity contribution in [2.75, 3.05) is 19.4 Å². The topological polar surface area (TPSA) is 232 Å².